The van der Waals surface area contributed by atoms with Crippen LogP contribution in [0.5, 0.6) is 11.5 Å². The van der Waals surface area contributed by atoms with E-state index in [1.54, 1.807) is 30.3 Å². The summed E-state index contributed by atoms with van der Waals surface area (Å²) in [6.45, 7) is 0.343. The molecule has 0 heterocycles. The molecule has 1 amide bonds. The lowest BCUT2D eigenvalue weighted by Gasteiger charge is -2.11. The van der Waals surface area contributed by atoms with Crippen LogP contribution in [0.15, 0.2) is 42.5 Å². The van der Waals surface area contributed by atoms with Gasteiger partial charge in [0.25, 0.3) is 0 Å². The Hall–Kier alpha value is -2.20. The fourth-order valence-electron chi connectivity index (χ4n) is 1.68. The van der Waals surface area contributed by atoms with Crippen LogP contribution in [0.1, 0.15) is 15.9 Å². The number of hydrogen-bond donors (Lipinski definition) is 1. The van der Waals surface area contributed by atoms with E-state index in [2.05, 4.69) is 0 Å². The monoisotopic (exact) mass is 291 g/mol. The van der Waals surface area contributed by atoms with Gasteiger partial charge in [-0.2, -0.15) is 0 Å². The van der Waals surface area contributed by atoms with E-state index in [4.69, 9.17) is 26.8 Å². The van der Waals surface area contributed by atoms with Crippen molar-refractivity contribution in [3.8, 4) is 11.5 Å². The second kappa shape index (κ2) is 6.30. The van der Waals surface area contributed by atoms with E-state index in [9.17, 15) is 4.79 Å². The average molecular weight is 292 g/mol. The Balaban J connectivity index is 2.16. The molecule has 0 aliphatic rings. The third kappa shape index (κ3) is 3.42. The van der Waals surface area contributed by atoms with Crippen LogP contribution in [0.4, 0.5) is 0 Å². The van der Waals surface area contributed by atoms with E-state index in [1.165, 1.54) is 7.11 Å². The fourth-order valence-corrected chi connectivity index (χ4v) is 1.81. The molecule has 4 nitrogen and oxygen atoms in total. The highest BCUT2D eigenvalue weighted by atomic mass is 35.5. The largest absolute Gasteiger partial charge is 0.493 e. The summed E-state index contributed by atoms with van der Waals surface area (Å²) in [5.41, 5.74) is 6.58. The first-order chi connectivity index (χ1) is 9.60. The smallest absolute Gasteiger partial charge is 0.248 e. The molecule has 2 aromatic carbocycles. The van der Waals surface area contributed by atoms with E-state index >= 15 is 0 Å². The van der Waals surface area contributed by atoms with Crippen molar-refractivity contribution in [1.82, 2.24) is 0 Å². The van der Waals surface area contributed by atoms with Gasteiger partial charge in [0.2, 0.25) is 5.91 Å². The van der Waals surface area contributed by atoms with Crippen LogP contribution >= 0.6 is 11.6 Å². The van der Waals surface area contributed by atoms with Gasteiger partial charge in [-0.3, -0.25) is 4.79 Å². The molecule has 0 radical (unpaired) electrons. The molecule has 2 aromatic rings. The quantitative estimate of drug-likeness (QED) is 0.921. The average Bonchev–Trinajstić information content (AvgIpc) is 2.46. The minimum atomic E-state index is -0.510. The maximum absolute atomic E-state index is 11.2. The molecule has 0 fully saturated rings. The second-order valence-corrected chi connectivity index (χ2v) is 4.58. The van der Waals surface area contributed by atoms with Gasteiger partial charge in [0, 0.05) is 10.6 Å². The van der Waals surface area contributed by atoms with E-state index in [0.29, 0.717) is 28.7 Å². The number of hydrogen-bond acceptors (Lipinski definition) is 3. The number of carbonyl (C=O) groups excluding carboxylic acids is 1. The number of halogens is 1. The van der Waals surface area contributed by atoms with Gasteiger partial charge >= 0.3 is 0 Å². The maximum Gasteiger partial charge on any atom is 0.248 e. The first-order valence-corrected chi connectivity index (χ1v) is 6.33. The summed E-state index contributed by atoms with van der Waals surface area (Å²) < 4.78 is 10.9. The van der Waals surface area contributed by atoms with E-state index < -0.39 is 5.91 Å². The standard InChI is InChI=1S/C15H14ClNO3/c1-19-13-7-4-11(15(17)18)8-14(13)20-9-10-2-5-12(16)6-3-10/h2-8H,9H2,1H3,(H2,17,18). The molecule has 0 aliphatic carbocycles. The molecule has 0 saturated carbocycles. The number of carbonyl (C=O) groups is 1. The Labute approximate surface area is 122 Å². The van der Waals surface area contributed by atoms with Crippen molar-refractivity contribution in [2.45, 2.75) is 6.61 Å². The molecular formula is C15H14ClNO3. The molecule has 0 spiro atoms. The van der Waals surface area contributed by atoms with Gasteiger partial charge in [-0.05, 0) is 35.9 Å². The van der Waals surface area contributed by atoms with Crippen molar-refractivity contribution in [3.05, 3.63) is 58.6 Å². The van der Waals surface area contributed by atoms with Gasteiger partial charge in [-0.25, -0.2) is 0 Å². The number of amides is 1. The Bertz CT molecular complexity index is 611. The highest BCUT2D eigenvalue weighted by Gasteiger charge is 2.09. The molecule has 2 N–H and O–H groups in total. The minimum absolute atomic E-state index is 0.343. The number of ether oxygens (including phenoxy) is 2. The Morgan fingerprint density at radius 1 is 1.15 bits per heavy atom. The Kier molecular flexibility index (Phi) is 4.48. The summed E-state index contributed by atoms with van der Waals surface area (Å²) in [7, 11) is 1.54. The van der Waals surface area contributed by atoms with Crippen LogP contribution in [-0.4, -0.2) is 13.0 Å². The number of nitrogens with two attached hydrogens (primary N) is 1. The first kappa shape index (κ1) is 14.2. The van der Waals surface area contributed by atoms with Gasteiger partial charge in [0.05, 0.1) is 7.11 Å². The van der Waals surface area contributed by atoms with Crippen LogP contribution in [0.25, 0.3) is 0 Å². The SMILES string of the molecule is COc1ccc(C(N)=O)cc1OCc1ccc(Cl)cc1. The molecule has 0 aromatic heterocycles. The Morgan fingerprint density at radius 2 is 1.85 bits per heavy atom. The third-order valence-electron chi connectivity index (χ3n) is 2.76. The molecule has 0 saturated heterocycles. The zero-order valence-electron chi connectivity index (χ0n) is 10.9. The predicted octanol–water partition coefficient (Wildman–Crippen LogP) is 3.03. The summed E-state index contributed by atoms with van der Waals surface area (Å²) in [5.74, 6) is 0.506. The molecule has 104 valence electrons. The zero-order chi connectivity index (χ0) is 14.5. The topological polar surface area (TPSA) is 61.5 Å². The van der Waals surface area contributed by atoms with Crippen molar-refractivity contribution < 1.29 is 14.3 Å². The number of methoxy groups -OCH3 is 1. The van der Waals surface area contributed by atoms with Crippen molar-refractivity contribution in [1.29, 1.82) is 0 Å². The maximum atomic E-state index is 11.2. The first-order valence-electron chi connectivity index (χ1n) is 5.95. The molecule has 0 aliphatic heterocycles. The molecule has 5 heteroatoms. The van der Waals surface area contributed by atoms with Crippen molar-refractivity contribution in [3.63, 3.8) is 0 Å². The van der Waals surface area contributed by atoms with Gasteiger partial charge in [-0.15, -0.1) is 0 Å². The highest BCUT2D eigenvalue weighted by Crippen LogP contribution is 2.28. The van der Waals surface area contributed by atoms with Gasteiger partial charge < -0.3 is 15.2 Å². The lowest BCUT2D eigenvalue weighted by atomic mass is 10.2. The lowest BCUT2D eigenvalue weighted by molar-refractivity contribution is 0.0999. The molecule has 0 unspecified atom stereocenters. The number of benzene rings is 2. The summed E-state index contributed by atoms with van der Waals surface area (Å²) in [6, 6.07) is 12.1. The molecule has 0 atom stereocenters. The van der Waals surface area contributed by atoms with Gasteiger partial charge in [-0.1, -0.05) is 23.7 Å². The zero-order valence-corrected chi connectivity index (χ0v) is 11.7. The number of rotatable bonds is 5. The van der Waals surface area contributed by atoms with Crippen LogP contribution < -0.4 is 15.2 Å². The second-order valence-electron chi connectivity index (χ2n) is 4.15. The summed E-state index contributed by atoms with van der Waals surface area (Å²) in [6.07, 6.45) is 0. The van der Waals surface area contributed by atoms with Gasteiger partial charge in [0.1, 0.15) is 6.61 Å². The molecule has 0 bridgehead atoms. The van der Waals surface area contributed by atoms with Crippen molar-refractivity contribution >= 4 is 17.5 Å². The highest BCUT2D eigenvalue weighted by molar-refractivity contribution is 6.30. The summed E-state index contributed by atoms with van der Waals surface area (Å²) in [5, 5.41) is 0.669. The Morgan fingerprint density at radius 3 is 2.45 bits per heavy atom. The van der Waals surface area contributed by atoms with Crippen LogP contribution in [0, 0.1) is 0 Å². The molecule has 2 rings (SSSR count). The van der Waals surface area contributed by atoms with Crippen LogP contribution in [0.3, 0.4) is 0 Å². The van der Waals surface area contributed by atoms with Crippen molar-refractivity contribution in [2.24, 2.45) is 5.73 Å². The summed E-state index contributed by atoms with van der Waals surface area (Å²) >= 11 is 5.82. The molecule has 20 heavy (non-hydrogen) atoms. The van der Waals surface area contributed by atoms with Crippen LogP contribution in [-0.2, 0) is 6.61 Å². The van der Waals surface area contributed by atoms with Crippen molar-refractivity contribution in [2.75, 3.05) is 7.11 Å². The van der Waals surface area contributed by atoms with E-state index in [0.717, 1.165) is 5.56 Å². The van der Waals surface area contributed by atoms with Gasteiger partial charge in [0.15, 0.2) is 11.5 Å². The fraction of sp³-hybridized carbons (Fsp3) is 0.133. The number of primary amides is 1. The summed E-state index contributed by atoms with van der Waals surface area (Å²) in [4.78, 5) is 11.2. The van der Waals surface area contributed by atoms with E-state index in [1.807, 2.05) is 12.1 Å². The third-order valence-corrected chi connectivity index (χ3v) is 3.01. The van der Waals surface area contributed by atoms with Crippen LogP contribution in [0.2, 0.25) is 5.02 Å². The normalized spacial score (nSPS) is 10.1. The van der Waals surface area contributed by atoms with E-state index in [-0.39, 0.29) is 0 Å². The molecular weight excluding hydrogens is 278 g/mol. The lowest BCUT2D eigenvalue weighted by Crippen LogP contribution is -2.11. The predicted molar refractivity (Wildman–Crippen MR) is 77.3 cm³/mol. The minimum Gasteiger partial charge on any atom is -0.493 e.